The Morgan fingerprint density at radius 3 is 2.79 bits per heavy atom. The molecular weight excluding hydrogens is 265 g/mol. The molecule has 2 heterocycles. The summed E-state index contributed by atoms with van der Waals surface area (Å²) in [5.74, 6) is -0.303. The molecule has 3 nitrogen and oxygen atoms in total. The van der Waals surface area contributed by atoms with E-state index >= 15 is 0 Å². The molecule has 2 aromatic rings. The first-order valence-electron chi connectivity index (χ1n) is 6.30. The minimum absolute atomic E-state index is 0.0199. The minimum Gasteiger partial charge on any atom is -0.393 e. The average molecular weight is 279 g/mol. The van der Waals surface area contributed by atoms with Gasteiger partial charge < -0.3 is 10.0 Å². The first kappa shape index (κ1) is 12.6. The van der Waals surface area contributed by atoms with Gasteiger partial charge in [-0.2, -0.15) is 0 Å². The second-order valence-electron chi connectivity index (χ2n) is 4.82. The quantitative estimate of drug-likeness (QED) is 0.871. The molecule has 1 aliphatic rings. The highest BCUT2D eigenvalue weighted by Crippen LogP contribution is 2.28. The molecule has 5 heteroatoms. The monoisotopic (exact) mass is 279 g/mol. The number of nitrogens with zero attached hydrogens (tertiary/aromatic N) is 1. The SMILES string of the molecule is O=C(c1cc2ccc(F)cc2s1)N1CCC(O)CC1. The van der Waals surface area contributed by atoms with E-state index in [2.05, 4.69) is 0 Å². The van der Waals surface area contributed by atoms with E-state index in [-0.39, 0.29) is 17.8 Å². The Bertz CT molecular complexity index is 617. The molecule has 0 spiro atoms. The third-order valence-electron chi connectivity index (χ3n) is 3.44. The fraction of sp³-hybridized carbons (Fsp3) is 0.357. The predicted octanol–water partition coefficient (Wildman–Crippen LogP) is 2.64. The normalized spacial score (nSPS) is 17.1. The summed E-state index contributed by atoms with van der Waals surface area (Å²) in [6, 6.07) is 6.36. The molecule has 1 aromatic carbocycles. The zero-order valence-corrected chi connectivity index (χ0v) is 11.1. The summed E-state index contributed by atoms with van der Waals surface area (Å²) in [6.45, 7) is 1.17. The largest absolute Gasteiger partial charge is 0.393 e. The number of piperidine rings is 1. The zero-order valence-electron chi connectivity index (χ0n) is 10.3. The summed E-state index contributed by atoms with van der Waals surface area (Å²) in [4.78, 5) is 14.7. The lowest BCUT2D eigenvalue weighted by molar-refractivity contribution is 0.0551. The number of benzene rings is 1. The first-order chi connectivity index (χ1) is 9.13. The van der Waals surface area contributed by atoms with Crippen molar-refractivity contribution >= 4 is 27.3 Å². The highest BCUT2D eigenvalue weighted by molar-refractivity contribution is 7.20. The summed E-state index contributed by atoms with van der Waals surface area (Å²) >= 11 is 1.32. The smallest absolute Gasteiger partial charge is 0.263 e. The maximum absolute atomic E-state index is 13.1. The van der Waals surface area contributed by atoms with Crippen LogP contribution in [0.25, 0.3) is 10.1 Å². The molecule has 1 aromatic heterocycles. The lowest BCUT2D eigenvalue weighted by Crippen LogP contribution is -2.39. The number of aliphatic hydroxyl groups excluding tert-OH is 1. The van der Waals surface area contributed by atoms with Crippen LogP contribution in [0.4, 0.5) is 4.39 Å². The number of amides is 1. The van der Waals surface area contributed by atoms with E-state index in [1.165, 1.54) is 23.5 Å². The average Bonchev–Trinajstić information content (AvgIpc) is 2.81. The van der Waals surface area contributed by atoms with Crippen LogP contribution in [-0.2, 0) is 0 Å². The second-order valence-corrected chi connectivity index (χ2v) is 5.90. The van der Waals surface area contributed by atoms with Crippen molar-refractivity contribution in [3.8, 4) is 0 Å². The molecule has 100 valence electrons. The van der Waals surface area contributed by atoms with Gasteiger partial charge in [0.15, 0.2) is 0 Å². The molecule has 0 unspecified atom stereocenters. The number of rotatable bonds is 1. The van der Waals surface area contributed by atoms with Gasteiger partial charge in [-0.25, -0.2) is 4.39 Å². The van der Waals surface area contributed by atoms with Crippen LogP contribution < -0.4 is 0 Å². The fourth-order valence-electron chi connectivity index (χ4n) is 2.34. The van der Waals surface area contributed by atoms with Gasteiger partial charge in [0.05, 0.1) is 11.0 Å². The number of hydrogen-bond acceptors (Lipinski definition) is 3. The van der Waals surface area contributed by atoms with Gasteiger partial charge in [0.25, 0.3) is 5.91 Å². The number of halogens is 1. The van der Waals surface area contributed by atoms with Crippen molar-refractivity contribution in [3.05, 3.63) is 35.0 Å². The molecule has 0 radical (unpaired) electrons. The summed E-state index contributed by atoms with van der Waals surface area (Å²) in [7, 11) is 0. The van der Waals surface area contributed by atoms with E-state index in [4.69, 9.17) is 0 Å². The van der Waals surface area contributed by atoms with Crippen molar-refractivity contribution in [2.24, 2.45) is 0 Å². The molecule has 0 atom stereocenters. The summed E-state index contributed by atoms with van der Waals surface area (Å²) in [5, 5.41) is 10.3. The maximum atomic E-state index is 13.1. The minimum atomic E-state index is -0.291. The van der Waals surface area contributed by atoms with Crippen LogP contribution in [0.3, 0.4) is 0 Å². The van der Waals surface area contributed by atoms with Gasteiger partial charge in [0, 0.05) is 17.8 Å². The van der Waals surface area contributed by atoms with Crippen molar-refractivity contribution in [2.45, 2.75) is 18.9 Å². The Balaban J connectivity index is 1.85. The van der Waals surface area contributed by atoms with Gasteiger partial charge in [0.1, 0.15) is 5.82 Å². The van der Waals surface area contributed by atoms with Gasteiger partial charge in [0.2, 0.25) is 0 Å². The number of fused-ring (bicyclic) bond motifs is 1. The molecule has 1 saturated heterocycles. The Hall–Kier alpha value is -1.46. The van der Waals surface area contributed by atoms with E-state index in [1.54, 1.807) is 11.0 Å². The number of carbonyl (C=O) groups excluding carboxylic acids is 1. The summed E-state index contributed by atoms with van der Waals surface area (Å²) < 4.78 is 13.9. The van der Waals surface area contributed by atoms with Crippen LogP contribution >= 0.6 is 11.3 Å². The number of aliphatic hydroxyl groups is 1. The molecule has 1 aliphatic heterocycles. The molecule has 3 rings (SSSR count). The Kier molecular flexibility index (Phi) is 3.24. The number of carbonyl (C=O) groups is 1. The molecule has 1 amide bonds. The van der Waals surface area contributed by atoms with Gasteiger partial charge in [-0.3, -0.25) is 4.79 Å². The molecule has 19 heavy (non-hydrogen) atoms. The number of thiophene rings is 1. The Morgan fingerprint density at radius 1 is 1.32 bits per heavy atom. The lowest BCUT2D eigenvalue weighted by atomic mass is 10.1. The molecular formula is C14H14FNO2S. The Morgan fingerprint density at radius 2 is 2.05 bits per heavy atom. The van der Waals surface area contributed by atoms with Crippen LogP contribution in [0, 0.1) is 5.82 Å². The van der Waals surface area contributed by atoms with Crippen molar-refractivity contribution < 1.29 is 14.3 Å². The number of likely N-dealkylation sites (tertiary alicyclic amines) is 1. The van der Waals surface area contributed by atoms with E-state index < -0.39 is 0 Å². The summed E-state index contributed by atoms with van der Waals surface area (Å²) in [5.41, 5.74) is 0. The van der Waals surface area contributed by atoms with Crippen LogP contribution in [0.1, 0.15) is 22.5 Å². The van der Waals surface area contributed by atoms with Crippen LogP contribution in [0.5, 0.6) is 0 Å². The van der Waals surface area contributed by atoms with Crippen molar-refractivity contribution in [1.82, 2.24) is 4.90 Å². The third kappa shape index (κ3) is 2.48. The van der Waals surface area contributed by atoms with E-state index in [9.17, 15) is 14.3 Å². The highest BCUT2D eigenvalue weighted by atomic mass is 32.1. The van der Waals surface area contributed by atoms with Crippen LogP contribution in [-0.4, -0.2) is 35.1 Å². The summed E-state index contributed by atoms with van der Waals surface area (Å²) in [6.07, 6.45) is 0.969. The highest BCUT2D eigenvalue weighted by Gasteiger charge is 2.23. The predicted molar refractivity (Wildman–Crippen MR) is 72.9 cm³/mol. The Labute approximate surface area is 114 Å². The molecule has 0 bridgehead atoms. The van der Waals surface area contributed by atoms with E-state index in [1.807, 2.05) is 6.07 Å². The van der Waals surface area contributed by atoms with Crippen molar-refractivity contribution in [2.75, 3.05) is 13.1 Å². The van der Waals surface area contributed by atoms with Gasteiger partial charge in [-0.1, -0.05) is 6.07 Å². The standard InChI is InChI=1S/C14H14FNO2S/c15-10-2-1-9-7-13(19-12(9)8-10)14(18)16-5-3-11(17)4-6-16/h1-2,7-8,11,17H,3-6H2. The van der Waals surface area contributed by atoms with E-state index in [0.29, 0.717) is 30.8 Å². The second kappa shape index (κ2) is 4.90. The zero-order chi connectivity index (χ0) is 13.4. The van der Waals surface area contributed by atoms with E-state index in [0.717, 1.165) is 10.1 Å². The molecule has 1 N–H and O–H groups in total. The fourth-order valence-corrected chi connectivity index (χ4v) is 3.39. The van der Waals surface area contributed by atoms with Gasteiger partial charge >= 0.3 is 0 Å². The van der Waals surface area contributed by atoms with Gasteiger partial charge in [-0.05, 0) is 36.4 Å². The third-order valence-corrected chi connectivity index (χ3v) is 4.53. The van der Waals surface area contributed by atoms with Crippen LogP contribution in [0.15, 0.2) is 24.3 Å². The molecule has 1 fully saturated rings. The van der Waals surface area contributed by atoms with Crippen LogP contribution in [0.2, 0.25) is 0 Å². The van der Waals surface area contributed by atoms with Crippen molar-refractivity contribution in [1.29, 1.82) is 0 Å². The van der Waals surface area contributed by atoms with Crippen molar-refractivity contribution in [3.63, 3.8) is 0 Å². The molecule has 0 aliphatic carbocycles. The first-order valence-corrected chi connectivity index (χ1v) is 7.11. The topological polar surface area (TPSA) is 40.5 Å². The maximum Gasteiger partial charge on any atom is 0.263 e. The number of hydrogen-bond donors (Lipinski definition) is 1. The molecule has 0 saturated carbocycles. The van der Waals surface area contributed by atoms with Gasteiger partial charge in [-0.15, -0.1) is 11.3 Å². The lowest BCUT2D eigenvalue weighted by Gasteiger charge is -2.29.